The number of hydrogen-bond acceptors (Lipinski definition) is 5. The van der Waals surface area contributed by atoms with Crippen molar-refractivity contribution >= 4 is 16.9 Å². The number of amides is 1. The highest BCUT2D eigenvalue weighted by Gasteiger charge is 2.32. The Bertz CT molecular complexity index is 856. The van der Waals surface area contributed by atoms with Crippen molar-refractivity contribution in [3.05, 3.63) is 29.6 Å². The van der Waals surface area contributed by atoms with Crippen molar-refractivity contribution in [1.82, 2.24) is 24.7 Å². The average Bonchev–Trinajstić information content (AvgIpc) is 3.05. The fourth-order valence-electron chi connectivity index (χ4n) is 4.47. The van der Waals surface area contributed by atoms with Gasteiger partial charge in [-0.15, -0.1) is 0 Å². The van der Waals surface area contributed by atoms with Crippen LogP contribution in [0.5, 0.6) is 0 Å². The van der Waals surface area contributed by atoms with E-state index in [9.17, 15) is 9.90 Å². The summed E-state index contributed by atoms with van der Waals surface area (Å²) < 4.78 is 0. The molecule has 1 aromatic carbocycles. The van der Waals surface area contributed by atoms with Crippen LogP contribution in [0, 0.1) is 0 Å². The zero-order valence-corrected chi connectivity index (χ0v) is 17.8. The summed E-state index contributed by atoms with van der Waals surface area (Å²) in [5.41, 5.74) is 2.49. The number of likely N-dealkylation sites (tertiary alicyclic amines) is 1. The third-order valence-corrected chi connectivity index (χ3v) is 6.42. The van der Waals surface area contributed by atoms with Crippen LogP contribution in [0.25, 0.3) is 11.0 Å². The number of nitrogens with one attached hydrogen (secondary N) is 1. The number of aromatic nitrogens is 2. The lowest BCUT2D eigenvalue weighted by molar-refractivity contribution is 0.0224. The second-order valence-corrected chi connectivity index (χ2v) is 8.85. The van der Waals surface area contributed by atoms with E-state index in [0.29, 0.717) is 31.0 Å². The predicted molar refractivity (Wildman–Crippen MR) is 114 cm³/mol. The van der Waals surface area contributed by atoms with E-state index in [2.05, 4.69) is 40.7 Å². The van der Waals surface area contributed by atoms with E-state index in [0.717, 1.165) is 49.5 Å². The second-order valence-electron chi connectivity index (χ2n) is 8.85. The number of hydrogen-bond donors (Lipinski definition) is 2. The number of aromatic amines is 1. The van der Waals surface area contributed by atoms with Gasteiger partial charge in [0.05, 0.1) is 17.1 Å². The Morgan fingerprint density at radius 3 is 2.59 bits per heavy atom. The molecule has 29 heavy (non-hydrogen) atoms. The first-order chi connectivity index (χ1) is 13.9. The molecule has 2 N–H and O–H groups in total. The van der Waals surface area contributed by atoms with Crippen LogP contribution in [-0.2, 0) is 0 Å². The minimum Gasteiger partial charge on any atom is -0.391 e. The van der Waals surface area contributed by atoms with E-state index in [1.165, 1.54) is 0 Å². The van der Waals surface area contributed by atoms with Gasteiger partial charge in [0, 0.05) is 56.8 Å². The molecule has 2 fully saturated rings. The molecule has 0 spiro atoms. The largest absolute Gasteiger partial charge is 0.391 e. The summed E-state index contributed by atoms with van der Waals surface area (Å²) in [5, 5.41) is 10.7. The van der Waals surface area contributed by atoms with Gasteiger partial charge in [-0.3, -0.25) is 9.69 Å². The zero-order valence-electron chi connectivity index (χ0n) is 17.8. The van der Waals surface area contributed by atoms with Gasteiger partial charge in [0.1, 0.15) is 5.82 Å². The number of aliphatic hydroxyl groups excluding tert-OH is 1. The molecule has 4 rings (SSSR count). The second kappa shape index (κ2) is 8.42. The Morgan fingerprint density at radius 2 is 1.86 bits per heavy atom. The maximum atomic E-state index is 13.2. The number of nitrogens with zero attached hydrogens (tertiary/aromatic N) is 4. The summed E-state index contributed by atoms with van der Waals surface area (Å²) in [7, 11) is 2.14. The van der Waals surface area contributed by atoms with Crippen LogP contribution >= 0.6 is 0 Å². The summed E-state index contributed by atoms with van der Waals surface area (Å²) in [6.07, 6.45) is 1.08. The van der Waals surface area contributed by atoms with Gasteiger partial charge in [-0.05, 0) is 38.1 Å². The first-order valence-electron chi connectivity index (χ1n) is 10.8. The van der Waals surface area contributed by atoms with E-state index in [4.69, 9.17) is 0 Å². The number of H-pyrrole nitrogens is 1. The molecular formula is C22H33N5O2. The Balaban J connectivity index is 1.45. The highest BCUT2D eigenvalue weighted by atomic mass is 16.3. The highest BCUT2D eigenvalue weighted by Crippen LogP contribution is 2.22. The van der Waals surface area contributed by atoms with Crippen molar-refractivity contribution in [2.24, 2.45) is 0 Å². The van der Waals surface area contributed by atoms with Gasteiger partial charge >= 0.3 is 0 Å². The topological polar surface area (TPSA) is 75.7 Å². The van der Waals surface area contributed by atoms with E-state index in [-0.39, 0.29) is 18.1 Å². The first kappa shape index (κ1) is 20.3. The Kier molecular flexibility index (Phi) is 5.90. The molecule has 0 saturated carbocycles. The van der Waals surface area contributed by atoms with Gasteiger partial charge in [-0.1, -0.05) is 13.8 Å². The molecule has 0 bridgehead atoms. The van der Waals surface area contributed by atoms with Gasteiger partial charge in [-0.2, -0.15) is 0 Å². The quantitative estimate of drug-likeness (QED) is 0.825. The van der Waals surface area contributed by atoms with Crippen molar-refractivity contribution in [2.75, 3.05) is 46.3 Å². The minimum absolute atomic E-state index is 0.0406. The molecule has 3 heterocycles. The van der Waals surface area contributed by atoms with E-state index >= 15 is 0 Å². The predicted octanol–water partition coefficient (Wildman–Crippen LogP) is 1.90. The molecule has 1 aromatic heterocycles. The molecular weight excluding hydrogens is 366 g/mol. The van der Waals surface area contributed by atoms with Crippen molar-refractivity contribution in [3.8, 4) is 0 Å². The monoisotopic (exact) mass is 399 g/mol. The molecule has 158 valence electrons. The number of benzene rings is 1. The zero-order chi connectivity index (χ0) is 20.5. The van der Waals surface area contributed by atoms with Crippen LogP contribution in [0.4, 0.5) is 0 Å². The van der Waals surface area contributed by atoms with Crippen molar-refractivity contribution < 1.29 is 9.90 Å². The minimum atomic E-state index is -0.375. The third kappa shape index (κ3) is 4.32. The summed E-state index contributed by atoms with van der Waals surface area (Å²) in [6, 6.07) is 5.85. The van der Waals surface area contributed by atoms with Crippen molar-refractivity contribution in [1.29, 1.82) is 0 Å². The van der Waals surface area contributed by atoms with Crippen molar-refractivity contribution in [3.63, 3.8) is 0 Å². The molecule has 0 unspecified atom stereocenters. The Morgan fingerprint density at radius 1 is 1.14 bits per heavy atom. The van der Waals surface area contributed by atoms with Gasteiger partial charge < -0.3 is 19.9 Å². The fourth-order valence-corrected chi connectivity index (χ4v) is 4.47. The fraction of sp³-hybridized carbons (Fsp3) is 0.636. The molecule has 2 aliphatic rings. The Labute approximate surface area is 172 Å². The van der Waals surface area contributed by atoms with E-state index < -0.39 is 0 Å². The molecule has 7 heteroatoms. The number of likely N-dealkylation sites (N-methyl/N-ethyl adjacent to an activating group) is 1. The molecule has 0 aliphatic carbocycles. The molecule has 1 amide bonds. The summed E-state index contributed by atoms with van der Waals surface area (Å²) in [4.78, 5) is 27.7. The maximum Gasteiger partial charge on any atom is 0.253 e. The molecule has 2 saturated heterocycles. The SMILES string of the molecule is CC(C)c1nc2ccc(C(=O)N3CC[C@H](O)[C@@H](N4CCN(C)CC4)CC3)cc2[nH]1. The normalized spacial score (nSPS) is 24.9. The van der Waals surface area contributed by atoms with Crippen molar-refractivity contribution in [2.45, 2.75) is 44.8 Å². The summed E-state index contributed by atoms with van der Waals surface area (Å²) in [6.45, 7) is 9.53. The number of carbonyl (C=O) groups excluding carboxylic acids is 1. The smallest absolute Gasteiger partial charge is 0.253 e. The van der Waals surface area contributed by atoms with E-state index in [1.54, 1.807) is 0 Å². The lowest BCUT2D eigenvalue weighted by atomic mass is 10.0. The highest BCUT2D eigenvalue weighted by molar-refractivity contribution is 5.97. The van der Waals surface area contributed by atoms with Gasteiger partial charge in [0.2, 0.25) is 0 Å². The van der Waals surface area contributed by atoms with Crippen LogP contribution in [0.15, 0.2) is 18.2 Å². The number of fused-ring (bicyclic) bond motifs is 1. The lowest BCUT2D eigenvalue weighted by Gasteiger charge is -2.39. The van der Waals surface area contributed by atoms with Crippen LogP contribution in [0.2, 0.25) is 0 Å². The summed E-state index contributed by atoms with van der Waals surface area (Å²) in [5.74, 6) is 1.30. The summed E-state index contributed by atoms with van der Waals surface area (Å²) >= 11 is 0. The number of aliphatic hydroxyl groups is 1. The molecule has 7 nitrogen and oxygen atoms in total. The molecule has 2 atom stereocenters. The number of rotatable bonds is 3. The third-order valence-electron chi connectivity index (χ3n) is 6.42. The maximum absolute atomic E-state index is 13.2. The lowest BCUT2D eigenvalue weighted by Crippen LogP contribution is -2.52. The van der Waals surface area contributed by atoms with Gasteiger partial charge in [0.15, 0.2) is 0 Å². The van der Waals surface area contributed by atoms with Crippen LogP contribution in [-0.4, -0.2) is 94.1 Å². The molecule has 2 aliphatic heterocycles. The van der Waals surface area contributed by atoms with Crippen LogP contribution in [0.1, 0.15) is 48.8 Å². The molecule has 2 aromatic rings. The first-order valence-corrected chi connectivity index (χ1v) is 10.8. The van der Waals surface area contributed by atoms with Crippen LogP contribution in [0.3, 0.4) is 0 Å². The van der Waals surface area contributed by atoms with Crippen LogP contribution < -0.4 is 0 Å². The van der Waals surface area contributed by atoms with Gasteiger partial charge in [-0.25, -0.2) is 4.98 Å². The number of carbonyl (C=O) groups is 1. The van der Waals surface area contributed by atoms with E-state index in [1.807, 2.05) is 23.1 Å². The molecule has 0 radical (unpaired) electrons. The Hall–Kier alpha value is -1.96. The number of imidazole rings is 1. The standard InChI is InChI=1S/C22H33N5O2/c1-15(2)21-23-17-5-4-16(14-18(17)24-21)22(29)27-8-6-19(20(28)7-9-27)26-12-10-25(3)11-13-26/h4-5,14-15,19-20,28H,6-13H2,1-3H3,(H,23,24)/t19-,20-/m0/s1. The van der Waals surface area contributed by atoms with Gasteiger partial charge in [0.25, 0.3) is 5.91 Å². The average molecular weight is 400 g/mol. The number of piperazine rings is 1.